The van der Waals surface area contributed by atoms with Gasteiger partial charge in [0, 0.05) is 25.4 Å². The van der Waals surface area contributed by atoms with Gasteiger partial charge in [-0.3, -0.25) is 4.79 Å². The van der Waals surface area contributed by atoms with Crippen molar-refractivity contribution < 1.29 is 4.79 Å². The summed E-state index contributed by atoms with van der Waals surface area (Å²) in [7, 11) is 1.71. The number of rotatable bonds is 5. The van der Waals surface area contributed by atoms with Crippen molar-refractivity contribution in [3.05, 3.63) is 59.6 Å². The monoisotopic (exact) mass is 336 g/mol. The van der Waals surface area contributed by atoms with Gasteiger partial charge in [-0.25, -0.2) is 4.68 Å². The fraction of sp³-hybridized carbons (Fsp3) is 0.167. The summed E-state index contributed by atoms with van der Waals surface area (Å²) in [5.41, 5.74) is 2.79. The predicted molar refractivity (Wildman–Crippen MR) is 93.6 cm³/mol. The first-order chi connectivity index (χ1) is 11.7. The number of carbonyl (C=O) groups is 1. The maximum atomic E-state index is 11.9. The minimum absolute atomic E-state index is 0.113. The summed E-state index contributed by atoms with van der Waals surface area (Å²) in [6.07, 6.45) is 1.83. The SMILES string of the molecule is CN(Cc1cn(-c2ccccc2)nc1-c1cccs1)C(=O)CC#N. The molecule has 0 aliphatic carbocycles. The van der Waals surface area contributed by atoms with Gasteiger partial charge in [0.2, 0.25) is 5.91 Å². The number of nitriles is 1. The van der Waals surface area contributed by atoms with Gasteiger partial charge in [-0.2, -0.15) is 10.4 Å². The van der Waals surface area contributed by atoms with Crippen molar-refractivity contribution in [2.45, 2.75) is 13.0 Å². The molecule has 3 aromatic rings. The summed E-state index contributed by atoms with van der Waals surface area (Å²) in [6.45, 7) is 0.417. The number of thiophene rings is 1. The Morgan fingerprint density at radius 3 is 2.75 bits per heavy atom. The highest BCUT2D eigenvalue weighted by molar-refractivity contribution is 7.13. The molecule has 0 saturated heterocycles. The maximum absolute atomic E-state index is 11.9. The Morgan fingerprint density at radius 2 is 2.08 bits per heavy atom. The number of benzene rings is 1. The second kappa shape index (κ2) is 7.11. The quantitative estimate of drug-likeness (QED) is 0.717. The van der Waals surface area contributed by atoms with Crippen LogP contribution in [0.25, 0.3) is 16.3 Å². The maximum Gasteiger partial charge on any atom is 0.236 e. The van der Waals surface area contributed by atoms with Crippen molar-refractivity contribution >= 4 is 17.2 Å². The summed E-state index contributed by atoms with van der Waals surface area (Å²) in [4.78, 5) is 14.5. The van der Waals surface area contributed by atoms with Crippen LogP contribution < -0.4 is 0 Å². The minimum Gasteiger partial charge on any atom is -0.340 e. The Balaban J connectivity index is 1.96. The van der Waals surface area contributed by atoms with E-state index in [1.165, 1.54) is 0 Å². The molecule has 6 heteroatoms. The molecule has 0 unspecified atom stereocenters. The fourth-order valence-corrected chi connectivity index (χ4v) is 3.15. The molecule has 5 nitrogen and oxygen atoms in total. The molecule has 0 saturated carbocycles. The zero-order valence-corrected chi connectivity index (χ0v) is 14.0. The standard InChI is InChI=1S/C18H16N4OS/c1-21(17(23)9-10-19)12-14-13-22(15-6-3-2-4-7-15)20-18(14)16-8-5-11-24-16/h2-8,11,13H,9,12H2,1H3. The van der Waals surface area contributed by atoms with Gasteiger partial charge in [0.1, 0.15) is 12.1 Å². The Bertz CT molecular complexity index is 862. The molecule has 24 heavy (non-hydrogen) atoms. The van der Waals surface area contributed by atoms with Crippen LogP contribution in [0.1, 0.15) is 12.0 Å². The third-order valence-electron chi connectivity index (χ3n) is 3.63. The first-order valence-corrected chi connectivity index (χ1v) is 8.36. The second-order valence-electron chi connectivity index (χ2n) is 5.35. The number of amides is 1. The number of hydrogen-bond acceptors (Lipinski definition) is 4. The van der Waals surface area contributed by atoms with Gasteiger partial charge < -0.3 is 4.90 Å². The Labute approximate surface area is 144 Å². The second-order valence-corrected chi connectivity index (χ2v) is 6.29. The van der Waals surface area contributed by atoms with Crippen LogP contribution in [0.15, 0.2) is 54.0 Å². The van der Waals surface area contributed by atoms with E-state index in [0.717, 1.165) is 21.8 Å². The van der Waals surface area contributed by atoms with Gasteiger partial charge in [-0.05, 0) is 23.6 Å². The molecule has 2 aromatic heterocycles. The molecular weight excluding hydrogens is 320 g/mol. The van der Waals surface area contributed by atoms with Crippen molar-refractivity contribution in [1.82, 2.24) is 14.7 Å². The predicted octanol–water partition coefficient (Wildman–Crippen LogP) is 3.47. The topological polar surface area (TPSA) is 61.9 Å². The van der Waals surface area contributed by atoms with Crippen molar-refractivity contribution in [2.24, 2.45) is 0 Å². The lowest BCUT2D eigenvalue weighted by Gasteiger charge is -2.15. The van der Waals surface area contributed by atoms with Gasteiger partial charge in [-0.15, -0.1) is 11.3 Å². The molecular formula is C18H16N4OS. The first-order valence-electron chi connectivity index (χ1n) is 7.48. The summed E-state index contributed by atoms with van der Waals surface area (Å²) in [5, 5.41) is 15.4. The van der Waals surface area contributed by atoms with Crippen LogP contribution >= 0.6 is 11.3 Å². The number of para-hydroxylation sites is 1. The zero-order chi connectivity index (χ0) is 16.9. The molecule has 2 heterocycles. The average Bonchev–Trinajstić information content (AvgIpc) is 3.25. The normalized spacial score (nSPS) is 10.3. The third-order valence-corrected chi connectivity index (χ3v) is 4.51. The van der Waals surface area contributed by atoms with E-state index in [-0.39, 0.29) is 12.3 Å². The van der Waals surface area contributed by atoms with Crippen LogP contribution in [0.5, 0.6) is 0 Å². The molecule has 1 aromatic carbocycles. The molecule has 0 aliphatic rings. The van der Waals surface area contributed by atoms with Gasteiger partial charge in [-0.1, -0.05) is 24.3 Å². The largest absolute Gasteiger partial charge is 0.340 e. The van der Waals surface area contributed by atoms with Gasteiger partial charge >= 0.3 is 0 Å². The first kappa shape index (κ1) is 16.0. The molecule has 0 atom stereocenters. The molecule has 0 spiro atoms. The van der Waals surface area contributed by atoms with E-state index in [0.29, 0.717) is 6.54 Å². The lowest BCUT2D eigenvalue weighted by molar-refractivity contribution is -0.129. The molecule has 0 radical (unpaired) electrons. The van der Waals surface area contributed by atoms with E-state index in [1.54, 1.807) is 23.3 Å². The van der Waals surface area contributed by atoms with Gasteiger partial charge in [0.15, 0.2) is 0 Å². The highest BCUT2D eigenvalue weighted by atomic mass is 32.1. The molecule has 1 amide bonds. The number of carbonyl (C=O) groups excluding carboxylic acids is 1. The van der Waals surface area contributed by atoms with Crippen LogP contribution in [-0.4, -0.2) is 27.6 Å². The lowest BCUT2D eigenvalue weighted by atomic mass is 10.2. The van der Waals surface area contributed by atoms with E-state index >= 15 is 0 Å². The van der Waals surface area contributed by atoms with Crippen LogP contribution in [0.4, 0.5) is 0 Å². The molecule has 0 bridgehead atoms. The van der Waals surface area contributed by atoms with Crippen molar-refractivity contribution in [3.63, 3.8) is 0 Å². The zero-order valence-electron chi connectivity index (χ0n) is 13.2. The summed E-state index contributed by atoms with van der Waals surface area (Å²) in [6, 6.07) is 15.8. The number of hydrogen-bond donors (Lipinski definition) is 0. The smallest absolute Gasteiger partial charge is 0.236 e. The van der Waals surface area contributed by atoms with E-state index in [4.69, 9.17) is 10.4 Å². The Kier molecular flexibility index (Phi) is 4.73. The van der Waals surface area contributed by atoms with Crippen molar-refractivity contribution in [2.75, 3.05) is 7.05 Å². The molecule has 120 valence electrons. The molecule has 0 N–H and O–H groups in total. The summed E-state index contributed by atoms with van der Waals surface area (Å²) < 4.78 is 1.83. The minimum atomic E-state index is -0.193. The van der Waals surface area contributed by atoms with E-state index in [9.17, 15) is 4.79 Å². The van der Waals surface area contributed by atoms with Crippen LogP contribution in [0.3, 0.4) is 0 Å². The number of nitrogens with zero attached hydrogens (tertiary/aromatic N) is 4. The highest BCUT2D eigenvalue weighted by Gasteiger charge is 2.17. The summed E-state index contributed by atoms with van der Waals surface area (Å²) >= 11 is 1.61. The Hall–Kier alpha value is -2.91. The van der Waals surface area contributed by atoms with Crippen LogP contribution in [0.2, 0.25) is 0 Å². The van der Waals surface area contributed by atoms with Crippen molar-refractivity contribution in [1.29, 1.82) is 5.26 Å². The van der Waals surface area contributed by atoms with Crippen LogP contribution in [-0.2, 0) is 11.3 Å². The fourth-order valence-electron chi connectivity index (χ4n) is 2.41. The average molecular weight is 336 g/mol. The van der Waals surface area contributed by atoms with Crippen molar-refractivity contribution in [3.8, 4) is 22.3 Å². The molecule has 0 aliphatic heterocycles. The molecule has 3 rings (SSSR count). The summed E-state index contributed by atoms with van der Waals surface area (Å²) in [5.74, 6) is -0.193. The third kappa shape index (κ3) is 3.36. The highest BCUT2D eigenvalue weighted by Crippen LogP contribution is 2.28. The Morgan fingerprint density at radius 1 is 1.29 bits per heavy atom. The van der Waals surface area contributed by atoms with Gasteiger partial charge in [0.05, 0.1) is 16.6 Å². The van der Waals surface area contributed by atoms with Crippen LogP contribution in [0, 0.1) is 11.3 Å². The lowest BCUT2D eigenvalue weighted by Crippen LogP contribution is -2.25. The van der Waals surface area contributed by atoms with Gasteiger partial charge in [0.25, 0.3) is 0 Å². The molecule has 0 fully saturated rings. The van der Waals surface area contributed by atoms with E-state index in [1.807, 2.05) is 64.8 Å². The van der Waals surface area contributed by atoms with E-state index < -0.39 is 0 Å². The van der Waals surface area contributed by atoms with E-state index in [2.05, 4.69) is 0 Å². The number of aromatic nitrogens is 2.